The minimum atomic E-state index is -1.10. The fourth-order valence-corrected chi connectivity index (χ4v) is 3.18. The number of hydrogen-bond acceptors (Lipinski definition) is 4. The van der Waals surface area contributed by atoms with Gasteiger partial charge in [0, 0.05) is 18.4 Å². The van der Waals surface area contributed by atoms with Crippen LogP contribution in [0.3, 0.4) is 0 Å². The van der Waals surface area contributed by atoms with Crippen LogP contribution in [0.2, 0.25) is 0 Å². The van der Waals surface area contributed by atoms with Gasteiger partial charge in [-0.2, -0.15) is 11.8 Å². The zero-order chi connectivity index (χ0) is 14.3. The molecule has 19 heavy (non-hydrogen) atoms. The van der Waals surface area contributed by atoms with Gasteiger partial charge in [-0.05, 0) is 19.1 Å². The molecule has 1 atom stereocenters. The molecule has 6 nitrogen and oxygen atoms in total. The maximum atomic E-state index is 11.7. The molecule has 0 aliphatic heterocycles. The summed E-state index contributed by atoms with van der Waals surface area (Å²) in [6.07, 6.45) is 6.61. The molecule has 0 aromatic rings. The van der Waals surface area contributed by atoms with E-state index in [4.69, 9.17) is 9.84 Å². The molecular formula is C12H22N2O4S. The topological polar surface area (TPSA) is 87.7 Å². The molecule has 2 amide bonds. The Bertz CT molecular complexity index is 319. The molecule has 110 valence electrons. The van der Waals surface area contributed by atoms with Crippen LogP contribution in [-0.2, 0) is 9.53 Å². The predicted octanol–water partition coefficient (Wildman–Crippen LogP) is 1.06. The third kappa shape index (κ3) is 4.91. The fraction of sp³-hybridized carbons (Fsp3) is 0.833. The first-order valence-corrected chi connectivity index (χ1v) is 7.57. The minimum absolute atomic E-state index is 0.0452. The van der Waals surface area contributed by atoms with Crippen molar-refractivity contribution in [2.24, 2.45) is 0 Å². The number of amides is 2. The number of carboxylic acids is 1. The van der Waals surface area contributed by atoms with E-state index in [2.05, 4.69) is 16.9 Å². The summed E-state index contributed by atoms with van der Waals surface area (Å²) in [6.45, 7) is 0.524. The number of carboxylic acid groups (broad SMARTS) is 1. The van der Waals surface area contributed by atoms with E-state index in [0.29, 0.717) is 6.54 Å². The third-order valence-corrected chi connectivity index (χ3v) is 4.87. The quantitative estimate of drug-likeness (QED) is 0.652. The number of aliphatic carboxylic acids is 1. The average molecular weight is 290 g/mol. The predicted molar refractivity (Wildman–Crippen MR) is 74.5 cm³/mol. The summed E-state index contributed by atoms with van der Waals surface area (Å²) in [5.74, 6) is -1.10. The maximum Gasteiger partial charge on any atom is 0.328 e. The van der Waals surface area contributed by atoms with Gasteiger partial charge < -0.3 is 20.5 Å². The van der Waals surface area contributed by atoms with Crippen LogP contribution in [0.4, 0.5) is 4.79 Å². The number of carbonyl (C=O) groups is 2. The van der Waals surface area contributed by atoms with E-state index >= 15 is 0 Å². The van der Waals surface area contributed by atoms with Crippen LogP contribution in [0, 0.1) is 0 Å². The molecule has 0 spiro atoms. The fourth-order valence-electron chi connectivity index (χ4n) is 2.26. The molecule has 0 aromatic heterocycles. The number of thioether (sulfide) groups is 1. The second kappa shape index (κ2) is 7.59. The molecule has 7 heteroatoms. The van der Waals surface area contributed by atoms with Crippen LogP contribution in [0.1, 0.15) is 25.7 Å². The number of carbonyl (C=O) groups excluding carboxylic acids is 1. The first kappa shape index (κ1) is 16.1. The van der Waals surface area contributed by atoms with Crippen LogP contribution >= 0.6 is 11.8 Å². The Hall–Kier alpha value is -0.950. The van der Waals surface area contributed by atoms with Gasteiger partial charge in [0.25, 0.3) is 0 Å². The zero-order valence-corrected chi connectivity index (χ0v) is 12.2. The van der Waals surface area contributed by atoms with E-state index in [-0.39, 0.29) is 11.4 Å². The second-order valence-corrected chi connectivity index (χ2v) is 6.04. The van der Waals surface area contributed by atoms with Crippen molar-refractivity contribution in [3.8, 4) is 0 Å². The lowest BCUT2D eigenvalue weighted by Crippen LogP contribution is -2.50. The van der Waals surface area contributed by atoms with Crippen molar-refractivity contribution in [1.29, 1.82) is 0 Å². The van der Waals surface area contributed by atoms with Gasteiger partial charge in [0.2, 0.25) is 0 Å². The third-order valence-electron chi connectivity index (χ3n) is 3.46. The summed E-state index contributed by atoms with van der Waals surface area (Å²) >= 11 is 1.77. The van der Waals surface area contributed by atoms with E-state index in [1.807, 2.05) is 0 Å². The highest BCUT2D eigenvalue weighted by Gasteiger charge is 2.33. The summed E-state index contributed by atoms with van der Waals surface area (Å²) in [5, 5.41) is 14.1. The number of methoxy groups -OCH3 is 1. The van der Waals surface area contributed by atoms with Gasteiger partial charge in [-0.15, -0.1) is 0 Å². The van der Waals surface area contributed by atoms with Crippen molar-refractivity contribution in [3.63, 3.8) is 0 Å². The van der Waals surface area contributed by atoms with E-state index < -0.39 is 18.0 Å². The van der Waals surface area contributed by atoms with Crippen LogP contribution in [-0.4, -0.2) is 54.4 Å². The lowest BCUT2D eigenvalue weighted by atomic mass is 10.1. The Morgan fingerprint density at radius 1 is 1.42 bits per heavy atom. The second-order valence-electron chi connectivity index (χ2n) is 4.77. The number of ether oxygens (including phenoxy) is 1. The van der Waals surface area contributed by atoms with E-state index in [0.717, 1.165) is 12.8 Å². The molecule has 0 aromatic carbocycles. The van der Waals surface area contributed by atoms with Crippen LogP contribution in [0.5, 0.6) is 0 Å². The molecule has 1 rings (SSSR count). The summed E-state index contributed by atoms with van der Waals surface area (Å²) in [4.78, 5) is 22.6. The zero-order valence-electron chi connectivity index (χ0n) is 11.4. The first-order chi connectivity index (χ1) is 9.03. The summed E-state index contributed by atoms with van der Waals surface area (Å²) in [5.41, 5.74) is 0. The highest BCUT2D eigenvalue weighted by Crippen LogP contribution is 2.39. The van der Waals surface area contributed by atoms with E-state index in [1.54, 1.807) is 11.8 Å². The first-order valence-electron chi connectivity index (χ1n) is 6.34. The molecule has 3 N–H and O–H groups in total. The molecule has 1 saturated carbocycles. The van der Waals surface area contributed by atoms with Gasteiger partial charge in [-0.25, -0.2) is 9.59 Å². The summed E-state index contributed by atoms with van der Waals surface area (Å²) < 4.78 is 4.87. The smallest absolute Gasteiger partial charge is 0.328 e. The van der Waals surface area contributed by atoms with Gasteiger partial charge in [0.15, 0.2) is 6.04 Å². The van der Waals surface area contributed by atoms with Crippen LogP contribution < -0.4 is 10.6 Å². The number of urea groups is 1. The van der Waals surface area contributed by atoms with E-state index in [9.17, 15) is 9.59 Å². The average Bonchev–Trinajstić information content (AvgIpc) is 2.85. The van der Waals surface area contributed by atoms with Crippen molar-refractivity contribution < 1.29 is 19.4 Å². The van der Waals surface area contributed by atoms with Crippen molar-refractivity contribution in [2.45, 2.75) is 36.5 Å². The molecule has 0 bridgehead atoms. The normalized spacial score (nSPS) is 18.8. The molecule has 0 saturated heterocycles. The Labute approximate surface area is 117 Å². The largest absolute Gasteiger partial charge is 0.480 e. The minimum Gasteiger partial charge on any atom is -0.480 e. The van der Waals surface area contributed by atoms with Crippen molar-refractivity contribution >= 4 is 23.8 Å². The molecule has 1 unspecified atom stereocenters. The standard InChI is InChI=1S/C12H22N2O4S/c1-18-7-9(10(15)16)14-11(17)13-8-12(19-2)5-3-4-6-12/h9H,3-8H2,1-2H3,(H,15,16)(H2,13,14,17). The Kier molecular flexibility index (Phi) is 6.44. The van der Waals surface area contributed by atoms with Gasteiger partial charge in [-0.1, -0.05) is 12.8 Å². The van der Waals surface area contributed by atoms with Crippen molar-refractivity contribution in [1.82, 2.24) is 10.6 Å². The SMILES string of the molecule is COCC(NC(=O)NCC1(SC)CCCC1)C(=O)O. The van der Waals surface area contributed by atoms with Crippen molar-refractivity contribution in [2.75, 3.05) is 26.5 Å². The maximum absolute atomic E-state index is 11.7. The summed E-state index contributed by atoms with van der Waals surface area (Å²) in [6, 6.07) is -1.47. The lowest BCUT2D eigenvalue weighted by Gasteiger charge is -2.27. The highest BCUT2D eigenvalue weighted by atomic mass is 32.2. The highest BCUT2D eigenvalue weighted by molar-refractivity contribution is 8.00. The van der Waals surface area contributed by atoms with Crippen LogP contribution in [0.15, 0.2) is 0 Å². The molecular weight excluding hydrogens is 268 g/mol. The molecule has 1 fully saturated rings. The Morgan fingerprint density at radius 2 is 2.05 bits per heavy atom. The van der Waals surface area contributed by atoms with Crippen molar-refractivity contribution in [3.05, 3.63) is 0 Å². The summed E-state index contributed by atoms with van der Waals surface area (Å²) in [7, 11) is 1.40. The molecule has 0 heterocycles. The van der Waals surface area contributed by atoms with E-state index in [1.165, 1.54) is 20.0 Å². The molecule has 0 radical (unpaired) electrons. The van der Waals surface area contributed by atoms with Gasteiger partial charge in [-0.3, -0.25) is 0 Å². The molecule has 1 aliphatic rings. The number of hydrogen-bond donors (Lipinski definition) is 3. The molecule has 1 aliphatic carbocycles. The van der Waals surface area contributed by atoms with Crippen LogP contribution in [0.25, 0.3) is 0 Å². The number of nitrogens with one attached hydrogen (secondary N) is 2. The lowest BCUT2D eigenvalue weighted by molar-refractivity contribution is -0.140. The van der Waals surface area contributed by atoms with Gasteiger partial charge >= 0.3 is 12.0 Å². The Morgan fingerprint density at radius 3 is 2.53 bits per heavy atom. The monoisotopic (exact) mass is 290 g/mol. The Balaban J connectivity index is 2.39. The number of rotatable bonds is 7. The van der Waals surface area contributed by atoms with Gasteiger partial charge in [0.05, 0.1) is 6.61 Å². The van der Waals surface area contributed by atoms with Gasteiger partial charge in [0.1, 0.15) is 0 Å².